The summed E-state index contributed by atoms with van der Waals surface area (Å²) < 4.78 is 12.6. The predicted molar refractivity (Wildman–Crippen MR) is 142 cm³/mol. The molecule has 3 aromatic rings. The first-order valence-corrected chi connectivity index (χ1v) is 12.3. The highest BCUT2D eigenvalue weighted by Crippen LogP contribution is 2.38. The Morgan fingerprint density at radius 3 is 2.50 bits per heavy atom. The molecular formula is C26H19BrCl2N2O5. The van der Waals surface area contributed by atoms with Crippen molar-refractivity contribution in [3.63, 3.8) is 0 Å². The van der Waals surface area contributed by atoms with Crippen molar-refractivity contribution in [1.82, 2.24) is 5.32 Å². The molecule has 0 aliphatic carbocycles. The minimum atomic E-state index is -0.867. The van der Waals surface area contributed by atoms with Crippen LogP contribution in [0.15, 0.2) is 70.7 Å². The van der Waals surface area contributed by atoms with E-state index in [9.17, 15) is 14.4 Å². The van der Waals surface area contributed by atoms with E-state index in [2.05, 4.69) is 21.2 Å². The normalized spacial score (nSPS) is 14.7. The monoisotopic (exact) mass is 588 g/mol. The molecule has 10 heteroatoms. The highest BCUT2D eigenvalue weighted by atomic mass is 79.9. The zero-order valence-electron chi connectivity index (χ0n) is 18.9. The molecule has 0 unspecified atom stereocenters. The maximum atomic E-state index is 13.2. The van der Waals surface area contributed by atoms with Gasteiger partial charge in [-0.05, 0) is 55.0 Å². The van der Waals surface area contributed by atoms with Crippen molar-refractivity contribution in [2.24, 2.45) is 0 Å². The minimum absolute atomic E-state index is 0.228. The lowest BCUT2D eigenvalue weighted by Crippen LogP contribution is -2.54. The van der Waals surface area contributed by atoms with Crippen LogP contribution in [0.4, 0.5) is 10.5 Å². The summed E-state index contributed by atoms with van der Waals surface area (Å²) in [6.45, 7) is 2.38. The molecule has 184 valence electrons. The second kappa shape index (κ2) is 11.2. The van der Waals surface area contributed by atoms with Crippen LogP contribution in [0.1, 0.15) is 18.1 Å². The molecule has 36 heavy (non-hydrogen) atoms. The van der Waals surface area contributed by atoms with Gasteiger partial charge in [0.25, 0.3) is 11.8 Å². The molecule has 1 aliphatic heterocycles. The number of carbonyl (C=O) groups is 3. The Kier molecular flexibility index (Phi) is 7.98. The van der Waals surface area contributed by atoms with Crippen molar-refractivity contribution in [3.05, 3.63) is 91.9 Å². The molecule has 0 radical (unpaired) electrons. The van der Waals surface area contributed by atoms with E-state index in [1.165, 1.54) is 18.2 Å². The first kappa shape index (κ1) is 25.8. The van der Waals surface area contributed by atoms with E-state index < -0.39 is 17.8 Å². The SMILES string of the molecule is CCOc1cc(/C=C2\C(=O)NC(=O)N(c3cccc(Cl)c3)C2=O)cc(Cl)c1OCc1ccccc1Br. The van der Waals surface area contributed by atoms with E-state index in [-0.39, 0.29) is 22.9 Å². The molecule has 3 aromatic carbocycles. The van der Waals surface area contributed by atoms with E-state index in [4.69, 9.17) is 32.7 Å². The fourth-order valence-corrected chi connectivity index (χ4v) is 4.37. The molecule has 1 aliphatic rings. The summed E-state index contributed by atoms with van der Waals surface area (Å²) in [7, 11) is 0. The van der Waals surface area contributed by atoms with Crippen LogP contribution in [0.2, 0.25) is 10.0 Å². The smallest absolute Gasteiger partial charge is 0.335 e. The second-order valence-electron chi connectivity index (χ2n) is 7.58. The Morgan fingerprint density at radius 1 is 1.00 bits per heavy atom. The zero-order valence-corrected chi connectivity index (χ0v) is 22.0. The number of carbonyl (C=O) groups excluding carboxylic acids is 3. The number of barbiturate groups is 1. The van der Waals surface area contributed by atoms with Gasteiger partial charge in [-0.2, -0.15) is 0 Å². The fourth-order valence-electron chi connectivity index (χ4n) is 3.51. The Balaban J connectivity index is 1.67. The van der Waals surface area contributed by atoms with Gasteiger partial charge in [-0.3, -0.25) is 14.9 Å². The standard InChI is InChI=1S/C26H19BrCl2N2O5/c1-2-35-22-12-15(11-21(29)23(22)36-14-16-6-3-4-9-20(16)27)10-19-24(32)30-26(34)31(25(19)33)18-8-5-7-17(28)13-18/h3-13H,2,14H2,1H3,(H,30,32,34)/b19-10+. The average Bonchev–Trinajstić information content (AvgIpc) is 2.82. The first-order chi connectivity index (χ1) is 17.3. The molecular weight excluding hydrogens is 571 g/mol. The highest BCUT2D eigenvalue weighted by molar-refractivity contribution is 9.10. The van der Waals surface area contributed by atoms with Gasteiger partial charge < -0.3 is 9.47 Å². The van der Waals surface area contributed by atoms with Gasteiger partial charge >= 0.3 is 6.03 Å². The van der Waals surface area contributed by atoms with Gasteiger partial charge in [-0.1, -0.05) is 63.4 Å². The predicted octanol–water partition coefficient (Wildman–Crippen LogP) is 6.40. The van der Waals surface area contributed by atoms with E-state index in [1.807, 2.05) is 31.2 Å². The second-order valence-corrected chi connectivity index (χ2v) is 9.28. The van der Waals surface area contributed by atoms with Gasteiger partial charge in [0.15, 0.2) is 11.5 Å². The summed E-state index contributed by atoms with van der Waals surface area (Å²) in [4.78, 5) is 39.0. The quantitative estimate of drug-likeness (QED) is 0.255. The number of nitrogens with zero attached hydrogens (tertiary/aromatic N) is 1. The summed E-state index contributed by atoms with van der Waals surface area (Å²) >= 11 is 16.0. The Hall–Kier alpha value is -3.33. The maximum absolute atomic E-state index is 13.2. The number of amides is 4. The van der Waals surface area contributed by atoms with Gasteiger partial charge in [0.1, 0.15) is 12.2 Å². The molecule has 1 fully saturated rings. The number of halogens is 3. The van der Waals surface area contributed by atoms with Crippen LogP contribution in [0.25, 0.3) is 6.08 Å². The van der Waals surface area contributed by atoms with Gasteiger partial charge in [0.2, 0.25) is 0 Å². The molecule has 1 saturated heterocycles. The van der Waals surface area contributed by atoms with Crippen LogP contribution < -0.4 is 19.7 Å². The number of rotatable bonds is 7. The molecule has 4 rings (SSSR count). The lowest BCUT2D eigenvalue weighted by Gasteiger charge is -2.26. The van der Waals surface area contributed by atoms with Crippen molar-refractivity contribution < 1.29 is 23.9 Å². The molecule has 0 aromatic heterocycles. The van der Waals surface area contributed by atoms with Crippen molar-refractivity contribution in [1.29, 1.82) is 0 Å². The van der Waals surface area contributed by atoms with Gasteiger partial charge in [-0.25, -0.2) is 9.69 Å². The van der Waals surface area contributed by atoms with Crippen LogP contribution in [-0.2, 0) is 16.2 Å². The number of hydrogen-bond donors (Lipinski definition) is 1. The lowest BCUT2D eigenvalue weighted by molar-refractivity contribution is -0.122. The number of benzene rings is 3. The van der Waals surface area contributed by atoms with Crippen LogP contribution in [0, 0.1) is 0 Å². The number of hydrogen-bond acceptors (Lipinski definition) is 5. The van der Waals surface area contributed by atoms with Crippen molar-refractivity contribution in [2.75, 3.05) is 11.5 Å². The molecule has 0 bridgehead atoms. The summed E-state index contributed by atoms with van der Waals surface area (Å²) in [5.74, 6) is -0.956. The topological polar surface area (TPSA) is 84.9 Å². The van der Waals surface area contributed by atoms with Crippen LogP contribution in [0.5, 0.6) is 11.5 Å². The molecule has 4 amide bonds. The lowest BCUT2D eigenvalue weighted by atomic mass is 10.1. The number of imide groups is 2. The fraction of sp³-hybridized carbons (Fsp3) is 0.115. The third kappa shape index (κ3) is 5.56. The Morgan fingerprint density at radius 2 is 1.78 bits per heavy atom. The Bertz CT molecular complexity index is 1390. The molecule has 0 spiro atoms. The number of ether oxygens (including phenoxy) is 2. The van der Waals surface area contributed by atoms with Crippen molar-refractivity contribution in [3.8, 4) is 11.5 Å². The summed E-state index contributed by atoms with van der Waals surface area (Å²) in [6.07, 6.45) is 1.34. The number of anilines is 1. The van der Waals surface area contributed by atoms with E-state index >= 15 is 0 Å². The largest absolute Gasteiger partial charge is 0.490 e. The van der Waals surface area contributed by atoms with Gasteiger partial charge in [0, 0.05) is 15.1 Å². The van der Waals surface area contributed by atoms with Crippen LogP contribution in [0.3, 0.4) is 0 Å². The van der Waals surface area contributed by atoms with Crippen molar-refractivity contribution in [2.45, 2.75) is 13.5 Å². The third-order valence-electron chi connectivity index (χ3n) is 5.14. The van der Waals surface area contributed by atoms with E-state index in [0.717, 1.165) is 14.9 Å². The van der Waals surface area contributed by atoms with Crippen molar-refractivity contribution >= 4 is 68.7 Å². The molecule has 1 N–H and O–H groups in total. The van der Waals surface area contributed by atoms with Crippen LogP contribution >= 0.6 is 39.1 Å². The number of urea groups is 1. The first-order valence-electron chi connectivity index (χ1n) is 10.8. The molecule has 1 heterocycles. The highest BCUT2D eigenvalue weighted by Gasteiger charge is 2.37. The summed E-state index contributed by atoms with van der Waals surface area (Å²) in [6, 6.07) is 16.1. The Labute approximate surface area is 225 Å². The molecule has 0 atom stereocenters. The minimum Gasteiger partial charge on any atom is -0.490 e. The van der Waals surface area contributed by atoms with Crippen LogP contribution in [-0.4, -0.2) is 24.5 Å². The third-order valence-corrected chi connectivity index (χ3v) is 6.43. The van der Waals surface area contributed by atoms with Gasteiger partial charge in [0.05, 0.1) is 17.3 Å². The van der Waals surface area contributed by atoms with Gasteiger partial charge in [-0.15, -0.1) is 0 Å². The summed E-state index contributed by atoms with van der Waals surface area (Å²) in [5.41, 5.74) is 1.30. The zero-order chi connectivity index (χ0) is 25.8. The summed E-state index contributed by atoms with van der Waals surface area (Å²) in [5, 5.41) is 2.74. The molecule has 7 nitrogen and oxygen atoms in total. The average molecular weight is 590 g/mol. The maximum Gasteiger partial charge on any atom is 0.335 e. The number of nitrogens with one attached hydrogen (secondary N) is 1. The molecule has 0 saturated carbocycles. The van der Waals surface area contributed by atoms with E-state index in [1.54, 1.807) is 24.3 Å². The van der Waals surface area contributed by atoms with E-state index in [0.29, 0.717) is 28.7 Å².